The molecule has 33 heavy (non-hydrogen) atoms. The highest BCUT2D eigenvalue weighted by Crippen LogP contribution is 2.75. The average Bonchev–Trinajstić information content (AvgIpc) is 2.68. The van der Waals surface area contributed by atoms with Crippen molar-refractivity contribution in [2.45, 2.75) is 125 Å². The van der Waals surface area contributed by atoms with E-state index in [-0.39, 0.29) is 16.7 Å². The molecule has 0 amide bonds. The van der Waals surface area contributed by atoms with Crippen LogP contribution in [0.15, 0.2) is 11.6 Å². The molecule has 3 N–H and O–H groups in total. The second kappa shape index (κ2) is 6.88. The average molecular weight is 459 g/mol. The molecule has 0 spiro atoms. The predicted octanol–water partition coefficient (Wildman–Crippen LogP) is 6.11. The lowest BCUT2D eigenvalue weighted by Crippen LogP contribution is -2.71. The zero-order valence-corrected chi connectivity index (χ0v) is 22.5. The van der Waals surface area contributed by atoms with E-state index in [9.17, 15) is 15.3 Å². The zero-order valence-electron chi connectivity index (χ0n) is 22.5. The summed E-state index contributed by atoms with van der Waals surface area (Å²) in [5.74, 6) is 0.854. The fourth-order valence-electron chi connectivity index (χ4n) is 10.6. The molecule has 5 rings (SSSR count). The van der Waals surface area contributed by atoms with Gasteiger partial charge in [0.15, 0.2) is 0 Å². The quantitative estimate of drug-likeness (QED) is 0.384. The Balaban J connectivity index is 1.63. The third-order valence-electron chi connectivity index (χ3n) is 13.0. The van der Waals surface area contributed by atoms with Crippen LogP contribution in [0.3, 0.4) is 0 Å². The van der Waals surface area contributed by atoms with Crippen LogP contribution in [-0.2, 0) is 0 Å². The lowest BCUT2D eigenvalue weighted by Gasteiger charge is -2.72. The second-order valence-corrected chi connectivity index (χ2v) is 15.5. The fraction of sp³-hybridized carbons (Fsp3) is 0.933. The van der Waals surface area contributed by atoms with Gasteiger partial charge in [0.1, 0.15) is 0 Å². The number of aliphatic hydroxyl groups excluding tert-OH is 3. The molecule has 0 saturated heterocycles. The summed E-state index contributed by atoms with van der Waals surface area (Å²) in [5, 5.41) is 34.2. The van der Waals surface area contributed by atoms with E-state index in [1.54, 1.807) is 5.57 Å². The minimum absolute atomic E-state index is 0.0516. The van der Waals surface area contributed by atoms with Gasteiger partial charge in [-0.3, -0.25) is 0 Å². The summed E-state index contributed by atoms with van der Waals surface area (Å²) in [7, 11) is 0. The maximum Gasteiger partial charge on any atom is 0.0625 e. The Morgan fingerprint density at radius 3 is 2.09 bits per heavy atom. The van der Waals surface area contributed by atoms with Gasteiger partial charge in [0, 0.05) is 17.8 Å². The van der Waals surface area contributed by atoms with Crippen molar-refractivity contribution in [3.05, 3.63) is 11.6 Å². The van der Waals surface area contributed by atoms with Gasteiger partial charge < -0.3 is 15.3 Å². The van der Waals surface area contributed by atoms with Crippen LogP contribution in [0, 0.1) is 50.2 Å². The van der Waals surface area contributed by atoms with E-state index < -0.39 is 29.1 Å². The molecule has 0 aliphatic heterocycles. The minimum Gasteiger partial charge on any atom is -0.393 e. The van der Waals surface area contributed by atoms with Crippen molar-refractivity contribution in [3.63, 3.8) is 0 Å². The highest BCUT2D eigenvalue weighted by Gasteiger charge is 2.71. The highest BCUT2D eigenvalue weighted by molar-refractivity contribution is 5.34. The molecule has 188 valence electrons. The van der Waals surface area contributed by atoms with Crippen LogP contribution in [0.2, 0.25) is 0 Å². The standard InChI is InChI=1S/C30H50O3/c1-25(2)11-12-27(5)13-14-28(6)18(19(27)16-25)9-10-21-29(28,7)17-20(31)24-26(3,4)22(32)15-23(33)30(21,24)8/h9,19-24,31-33H,10-17H2,1-8H3/t19-,20+,21-,22-,23-,24-,27+,28+,29+,30-/m0/s1. The van der Waals surface area contributed by atoms with E-state index >= 15 is 0 Å². The summed E-state index contributed by atoms with van der Waals surface area (Å²) in [6.45, 7) is 18.9. The van der Waals surface area contributed by atoms with Gasteiger partial charge in [0.2, 0.25) is 0 Å². The Bertz CT molecular complexity index is 859. The summed E-state index contributed by atoms with van der Waals surface area (Å²) in [6, 6.07) is 0. The van der Waals surface area contributed by atoms with Crippen molar-refractivity contribution < 1.29 is 15.3 Å². The van der Waals surface area contributed by atoms with Gasteiger partial charge in [-0.15, -0.1) is 0 Å². The van der Waals surface area contributed by atoms with Gasteiger partial charge in [-0.2, -0.15) is 0 Å². The lowest BCUT2D eigenvalue weighted by molar-refractivity contribution is -0.274. The Morgan fingerprint density at radius 1 is 0.788 bits per heavy atom. The van der Waals surface area contributed by atoms with Crippen LogP contribution in [0.4, 0.5) is 0 Å². The normalized spacial score (nSPS) is 57.1. The minimum atomic E-state index is -0.578. The molecular weight excluding hydrogens is 408 g/mol. The van der Waals surface area contributed by atoms with Crippen molar-refractivity contribution in [1.82, 2.24) is 0 Å². The van der Waals surface area contributed by atoms with E-state index in [4.69, 9.17) is 0 Å². The number of hydrogen-bond donors (Lipinski definition) is 3. The van der Waals surface area contributed by atoms with E-state index in [0.717, 1.165) is 12.8 Å². The van der Waals surface area contributed by atoms with E-state index in [2.05, 4.69) is 61.5 Å². The molecule has 0 aromatic carbocycles. The number of allylic oxidation sites excluding steroid dienone is 2. The van der Waals surface area contributed by atoms with Crippen molar-refractivity contribution in [2.24, 2.45) is 50.2 Å². The summed E-state index contributed by atoms with van der Waals surface area (Å²) >= 11 is 0. The molecule has 4 saturated carbocycles. The molecule has 0 aromatic heterocycles. The first kappa shape index (κ1) is 24.3. The van der Waals surface area contributed by atoms with Gasteiger partial charge in [0.05, 0.1) is 18.3 Å². The van der Waals surface area contributed by atoms with Gasteiger partial charge >= 0.3 is 0 Å². The first-order chi connectivity index (χ1) is 15.0. The topological polar surface area (TPSA) is 60.7 Å². The number of rotatable bonds is 0. The van der Waals surface area contributed by atoms with Gasteiger partial charge in [0.25, 0.3) is 0 Å². The first-order valence-electron chi connectivity index (χ1n) is 13.8. The lowest BCUT2D eigenvalue weighted by atomic mass is 9.33. The first-order valence-corrected chi connectivity index (χ1v) is 13.8. The molecule has 5 aliphatic rings. The summed E-state index contributed by atoms with van der Waals surface area (Å²) in [6.07, 6.45) is 9.54. The van der Waals surface area contributed by atoms with Crippen molar-refractivity contribution >= 4 is 0 Å². The highest BCUT2D eigenvalue weighted by atomic mass is 16.3. The third-order valence-corrected chi connectivity index (χ3v) is 13.0. The van der Waals surface area contributed by atoms with Gasteiger partial charge in [-0.1, -0.05) is 67.0 Å². The van der Waals surface area contributed by atoms with Crippen molar-refractivity contribution in [3.8, 4) is 0 Å². The molecule has 0 radical (unpaired) electrons. The fourth-order valence-corrected chi connectivity index (χ4v) is 10.6. The predicted molar refractivity (Wildman–Crippen MR) is 133 cm³/mol. The van der Waals surface area contributed by atoms with Crippen LogP contribution in [0.1, 0.15) is 107 Å². The smallest absolute Gasteiger partial charge is 0.0625 e. The molecule has 5 aliphatic carbocycles. The second-order valence-electron chi connectivity index (χ2n) is 15.5. The molecule has 4 fully saturated rings. The van der Waals surface area contributed by atoms with Crippen LogP contribution < -0.4 is 0 Å². The molecule has 3 nitrogen and oxygen atoms in total. The van der Waals surface area contributed by atoms with Crippen molar-refractivity contribution in [2.75, 3.05) is 0 Å². The van der Waals surface area contributed by atoms with Crippen LogP contribution in [0.25, 0.3) is 0 Å². The summed E-state index contributed by atoms with van der Waals surface area (Å²) < 4.78 is 0. The van der Waals surface area contributed by atoms with Crippen LogP contribution >= 0.6 is 0 Å². The molecule has 0 unspecified atom stereocenters. The Morgan fingerprint density at radius 2 is 1.42 bits per heavy atom. The summed E-state index contributed by atoms with van der Waals surface area (Å²) in [4.78, 5) is 0. The van der Waals surface area contributed by atoms with Gasteiger partial charge in [-0.25, -0.2) is 0 Å². The summed E-state index contributed by atoms with van der Waals surface area (Å²) in [5.41, 5.74) is 1.68. The molecule has 0 bridgehead atoms. The maximum absolute atomic E-state index is 11.8. The molecular formula is C30H50O3. The van der Waals surface area contributed by atoms with Gasteiger partial charge in [-0.05, 0) is 83.9 Å². The number of aliphatic hydroxyl groups is 3. The third kappa shape index (κ3) is 2.91. The van der Waals surface area contributed by atoms with Crippen LogP contribution in [-0.4, -0.2) is 33.6 Å². The largest absolute Gasteiger partial charge is 0.393 e. The number of fused-ring (bicyclic) bond motifs is 7. The van der Waals surface area contributed by atoms with E-state index in [0.29, 0.717) is 29.1 Å². The molecule has 0 aromatic rings. The zero-order chi connectivity index (χ0) is 24.4. The molecule has 10 atom stereocenters. The molecule has 0 heterocycles. The van der Waals surface area contributed by atoms with E-state index in [1.807, 2.05) is 0 Å². The number of hydrogen-bond acceptors (Lipinski definition) is 3. The SMILES string of the molecule is CC1(C)CC[C@]2(C)CC[C@]3(C)C(=CC[C@@H]4[C@@]5(C)[C@@H](O)C[C@H](O)C(C)(C)[C@@H]5[C@H](O)C[C@]43C)[C@@H]2C1. The van der Waals surface area contributed by atoms with Crippen molar-refractivity contribution in [1.29, 1.82) is 0 Å². The Hall–Kier alpha value is -0.380. The Labute approximate surface area is 202 Å². The maximum atomic E-state index is 11.8. The van der Waals surface area contributed by atoms with E-state index in [1.165, 1.54) is 32.1 Å². The monoisotopic (exact) mass is 458 g/mol. The molecule has 3 heteroatoms. The van der Waals surface area contributed by atoms with Crippen LogP contribution in [0.5, 0.6) is 0 Å². The Kier molecular flexibility index (Phi) is 5.07.